The zero-order chi connectivity index (χ0) is 17.8. The van der Waals surface area contributed by atoms with Crippen LogP contribution in [0.3, 0.4) is 0 Å². The first kappa shape index (κ1) is 15.4. The largest absolute Gasteiger partial charge is 0.298 e. The minimum Gasteiger partial charge on any atom is -0.298 e. The minimum atomic E-state index is -0.155. The van der Waals surface area contributed by atoms with Crippen molar-refractivity contribution in [3.05, 3.63) is 82.0 Å². The van der Waals surface area contributed by atoms with Crippen LogP contribution in [-0.2, 0) is 27.2 Å². The first-order valence-electron chi connectivity index (χ1n) is 9.13. The molecule has 0 amide bonds. The fourth-order valence-electron chi connectivity index (χ4n) is 4.83. The van der Waals surface area contributed by atoms with E-state index >= 15 is 0 Å². The molecule has 0 spiro atoms. The minimum absolute atomic E-state index is 0.135. The fraction of sp³-hybridized carbons (Fsp3) is 0.261. The lowest BCUT2D eigenvalue weighted by Gasteiger charge is -2.23. The molecule has 0 aromatic heterocycles. The molecule has 0 fully saturated rings. The molecule has 1 aromatic carbocycles. The molecule has 1 aromatic rings. The van der Waals surface area contributed by atoms with E-state index in [1.165, 1.54) is 34.4 Å². The zero-order valence-electron chi connectivity index (χ0n) is 14.3. The maximum atomic E-state index is 13.1. The third-order valence-electron chi connectivity index (χ3n) is 6.14. The molecule has 2 bridgehead atoms. The SMILES string of the molecule is O=C1C=CC(=O)/C2=C/CC3C(=O)C(C\C=C/12)C1=C3Cc2ccccc2C1. The smallest absolute Gasteiger partial charge is 0.186 e. The second-order valence-electron chi connectivity index (χ2n) is 7.45. The van der Waals surface area contributed by atoms with Crippen molar-refractivity contribution in [1.29, 1.82) is 0 Å². The summed E-state index contributed by atoms with van der Waals surface area (Å²) in [5.41, 5.74) is 6.04. The monoisotopic (exact) mass is 342 g/mol. The lowest BCUT2D eigenvalue weighted by Crippen LogP contribution is -2.17. The number of allylic oxidation sites excluding steroid dienone is 8. The Hall–Kier alpha value is -2.81. The highest BCUT2D eigenvalue weighted by molar-refractivity contribution is 6.25. The van der Waals surface area contributed by atoms with Crippen LogP contribution in [0.1, 0.15) is 24.0 Å². The Kier molecular flexibility index (Phi) is 3.33. The Labute approximate surface area is 151 Å². The van der Waals surface area contributed by atoms with Crippen LogP contribution in [0.15, 0.2) is 70.9 Å². The summed E-state index contributed by atoms with van der Waals surface area (Å²) in [7, 11) is 0. The molecule has 2 unspecified atom stereocenters. The van der Waals surface area contributed by atoms with Crippen molar-refractivity contribution in [3.63, 3.8) is 0 Å². The van der Waals surface area contributed by atoms with Crippen molar-refractivity contribution < 1.29 is 14.4 Å². The van der Waals surface area contributed by atoms with Crippen LogP contribution in [0.5, 0.6) is 0 Å². The number of carbonyl (C=O) groups is 3. The van der Waals surface area contributed by atoms with Gasteiger partial charge in [0, 0.05) is 23.0 Å². The van der Waals surface area contributed by atoms with E-state index < -0.39 is 0 Å². The molecule has 0 radical (unpaired) electrons. The molecule has 3 heteroatoms. The first-order valence-corrected chi connectivity index (χ1v) is 9.13. The molecular formula is C23H18O3. The lowest BCUT2D eigenvalue weighted by molar-refractivity contribution is -0.123. The summed E-state index contributed by atoms with van der Waals surface area (Å²) < 4.78 is 0. The van der Waals surface area contributed by atoms with Gasteiger partial charge in [0.15, 0.2) is 11.6 Å². The van der Waals surface area contributed by atoms with E-state index in [1.807, 2.05) is 24.3 Å². The van der Waals surface area contributed by atoms with Crippen LogP contribution in [0.4, 0.5) is 0 Å². The Bertz CT molecular complexity index is 923. The molecule has 0 saturated carbocycles. The number of ketones is 3. The number of Topliss-reactive ketones (excluding diaryl/α,β-unsaturated/α-hetero) is 1. The molecular weight excluding hydrogens is 324 g/mol. The summed E-state index contributed by atoms with van der Waals surface area (Å²) in [5, 5.41) is 0. The van der Waals surface area contributed by atoms with Crippen LogP contribution in [0.25, 0.3) is 0 Å². The Balaban J connectivity index is 1.60. The topological polar surface area (TPSA) is 51.2 Å². The van der Waals surface area contributed by atoms with Crippen molar-refractivity contribution >= 4 is 17.3 Å². The molecule has 26 heavy (non-hydrogen) atoms. The summed E-state index contributed by atoms with van der Waals surface area (Å²) in [6.45, 7) is 0. The summed E-state index contributed by atoms with van der Waals surface area (Å²) in [6, 6.07) is 8.38. The fourth-order valence-corrected chi connectivity index (χ4v) is 4.83. The van der Waals surface area contributed by atoms with Crippen LogP contribution in [-0.4, -0.2) is 17.3 Å². The molecule has 0 saturated heterocycles. The average molecular weight is 342 g/mol. The van der Waals surface area contributed by atoms with E-state index in [2.05, 4.69) is 12.1 Å². The van der Waals surface area contributed by atoms with Crippen molar-refractivity contribution in [2.45, 2.75) is 25.7 Å². The van der Waals surface area contributed by atoms with Crippen LogP contribution in [0, 0.1) is 11.8 Å². The number of hydrogen-bond donors (Lipinski definition) is 0. The molecule has 0 N–H and O–H groups in total. The third-order valence-corrected chi connectivity index (χ3v) is 6.14. The summed E-state index contributed by atoms with van der Waals surface area (Å²) >= 11 is 0. The van der Waals surface area contributed by atoms with Gasteiger partial charge in [0.1, 0.15) is 5.78 Å². The van der Waals surface area contributed by atoms with E-state index in [4.69, 9.17) is 0 Å². The highest BCUT2D eigenvalue weighted by atomic mass is 16.1. The first-order chi connectivity index (χ1) is 12.6. The molecule has 4 aliphatic rings. The molecule has 0 heterocycles. The van der Waals surface area contributed by atoms with Gasteiger partial charge in [0.2, 0.25) is 0 Å². The standard InChI is InChI=1S/C23H18O3/c24-21-9-10-22(25)16-6-8-18-20-12-14-4-2-1-3-13(14)11-19(20)17(23(18)26)7-5-15(16)21/h1-6,9-10,17-18H,7-8,11-12H2/b15-5-,16-6+. The quantitative estimate of drug-likeness (QED) is 0.680. The molecule has 4 aliphatic carbocycles. The van der Waals surface area contributed by atoms with Gasteiger partial charge >= 0.3 is 0 Å². The van der Waals surface area contributed by atoms with Crippen molar-refractivity contribution in [2.75, 3.05) is 0 Å². The van der Waals surface area contributed by atoms with Crippen LogP contribution < -0.4 is 0 Å². The average Bonchev–Trinajstić information content (AvgIpc) is 2.94. The normalized spacial score (nSPS) is 31.0. The number of rotatable bonds is 0. The van der Waals surface area contributed by atoms with E-state index in [1.54, 1.807) is 0 Å². The van der Waals surface area contributed by atoms with Gasteiger partial charge in [-0.25, -0.2) is 0 Å². The third kappa shape index (κ3) is 2.16. The second kappa shape index (κ2) is 5.60. The summed E-state index contributed by atoms with van der Waals surface area (Å²) in [4.78, 5) is 37.6. The molecule has 128 valence electrons. The summed E-state index contributed by atoms with van der Waals surface area (Å²) in [6.07, 6.45) is 8.98. The second-order valence-corrected chi connectivity index (χ2v) is 7.45. The predicted molar refractivity (Wildman–Crippen MR) is 97.4 cm³/mol. The number of fused-ring (bicyclic) bond motifs is 6. The van der Waals surface area contributed by atoms with Crippen molar-refractivity contribution in [1.82, 2.24) is 0 Å². The Morgan fingerprint density at radius 1 is 0.692 bits per heavy atom. The highest BCUT2D eigenvalue weighted by Crippen LogP contribution is 2.45. The molecule has 5 rings (SSSR count). The van der Waals surface area contributed by atoms with Gasteiger partial charge in [-0.05, 0) is 49.0 Å². The van der Waals surface area contributed by atoms with Gasteiger partial charge < -0.3 is 0 Å². The predicted octanol–water partition coefficient (Wildman–Crippen LogP) is 3.25. The van der Waals surface area contributed by atoms with Gasteiger partial charge in [-0.15, -0.1) is 0 Å². The maximum absolute atomic E-state index is 13.1. The van der Waals surface area contributed by atoms with Gasteiger partial charge in [-0.2, -0.15) is 0 Å². The number of hydrogen-bond acceptors (Lipinski definition) is 3. The van der Waals surface area contributed by atoms with E-state index in [-0.39, 0.29) is 29.2 Å². The lowest BCUT2D eigenvalue weighted by atomic mass is 9.81. The van der Waals surface area contributed by atoms with Crippen molar-refractivity contribution in [3.8, 4) is 0 Å². The maximum Gasteiger partial charge on any atom is 0.186 e. The van der Waals surface area contributed by atoms with Gasteiger partial charge in [0.25, 0.3) is 0 Å². The molecule has 0 aliphatic heterocycles. The zero-order valence-corrected chi connectivity index (χ0v) is 14.3. The van der Waals surface area contributed by atoms with Gasteiger partial charge in [0.05, 0.1) is 0 Å². The van der Waals surface area contributed by atoms with Crippen LogP contribution in [0.2, 0.25) is 0 Å². The van der Waals surface area contributed by atoms with E-state index in [0.29, 0.717) is 24.0 Å². The number of benzene rings is 1. The highest BCUT2D eigenvalue weighted by Gasteiger charge is 2.42. The van der Waals surface area contributed by atoms with Gasteiger partial charge in [-0.3, -0.25) is 14.4 Å². The Morgan fingerprint density at radius 3 is 1.62 bits per heavy atom. The molecule has 2 atom stereocenters. The van der Waals surface area contributed by atoms with E-state index in [0.717, 1.165) is 12.8 Å². The van der Waals surface area contributed by atoms with Crippen molar-refractivity contribution in [2.24, 2.45) is 11.8 Å². The molecule has 3 nitrogen and oxygen atoms in total. The Morgan fingerprint density at radius 2 is 1.15 bits per heavy atom. The number of carbonyl (C=O) groups excluding carboxylic acids is 3. The van der Waals surface area contributed by atoms with E-state index in [9.17, 15) is 14.4 Å². The van der Waals surface area contributed by atoms with Crippen LogP contribution >= 0.6 is 0 Å². The summed E-state index contributed by atoms with van der Waals surface area (Å²) in [5.74, 6) is -0.327. The van der Waals surface area contributed by atoms with Gasteiger partial charge in [-0.1, -0.05) is 47.6 Å².